The fourth-order valence-electron chi connectivity index (χ4n) is 1.66. The van der Waals surface area contributed by atoms with Gasteiger partial charge in [-0.3, -0.25) is 0 Å². The van der Waals surface area contributed by atoms with Gasteiger partial charge in [0, 0.05) is 19.3 Å². The average molecular weight is 307 g/mol. The second-order valence-corrected chi connectivity index (χ2v) is 4.71. The van der Waals surface area contributed by atoms with E-state index in [1.54, 1.807) is 14.0 Å². The zero-order chi connectivity index (χ0) is 15.9. The summed E-state index contributed by atoms with van der Waals surface area (Å²) in [4.78, 5) is 0. The molecule has 7 heteroatoms. The van der Waals surface area contributed by atoms with E-state index in [1.807, 2.05) is 0 Å². The van der Waals surface area contributed by atoms with Crippen molar-refractivity contribution < 1.29 is 27.8 Å². The van der Waals surface area contributed by atoms with Crippen LogP contribution in [0.3, 0.4) is 0 Å². The predicted molar refractivity (Wildman–Crippen MR) is 73.2 cm³/mol. The molecule has 0 aliphatic heterocycles. The van der Waals surface area contributed by atoms with Gasteiger partial charge in [-0.25, -0.2) is 0 Å². The van der Waals surface area contributed by atoms with Gasteiger partial charge >= 0.3 is 6.18 Å². The number of rotatable bonds is 8. The van der Waals surface area contributed by atoms with E-state index >= 15 is 0 Å². The zero-order valence-corrected chi connectivity index (χ0v) is 12.0. The Morgan fingerprint density at radius 3 is 2.62 bits per heavy atom. The monoisotopic (exact) mass is 307 g/mol. The van der Waals surface area contributed by atoms with E-state index in [2.05, 4.69) is 5.32 Å². The van der Waals surface area contributed by atoms with Gasteiger partial charge in [0.2, 0.25) is 0 Å². The fraction of sp³-hybridized carbons (Fsp3) is 0.571. The molecular weight excluding hydrogens is 287 g/mol. The van der Waals surface area contributed by atoms with Gasteiger partial charge in [0.05, 0.1) is 31.0 Å². The normalized spacial score (nSPS) is 14.8. The molecule has 2 unspecified atom stereocenters. The summed E-state index contributed by atoms with van der Waals surface area (Å²) in [5, 5.41) is 12.5. The summed E-state index contributed by atoms with van der Waals surface area (Å²) in [7, 11) is 1.55. The van der Waals surface area contributed by atoms with E-state index in [9.17, 15) is 18.3 Å². The Hall–Kier alpha value is -1.31. The van der Waals surface area contributed by atoms with Crippen LogP contribution in [0.5, 0.6) is 0 Å². The molecule has 1 aromatic rings. The number of benzene rings is 1. The Bertz CT molecular complexity index is 426. The standard InChI is InChI=1S/C14H20F3NO3/c1-10(8-20-2)21-9-13(19)7-18-12-5-3-4-11(6-12)14(15,16)17/h3-6,10,13,18-19H,7-9H2,1-2H3. The maximum absolute atomic E-state index is 12.5. The number of alkyl halides is 3. The van der Waals surface area contributed by atoms with Crippen molar-refractivity contribution in [3.63, 3.8) is 0 Å². The van der Waals surface area contributed by atoms with E-state index in [-0.39, 0.29) is 19.3 Å². The maximum atomic E-state index is 12.5. The van der Waals surface area contributed by atoms with Crippen molar-refractivity contribution >= 4 is 5.69 Å². The third-order valence-electron chi connectivity index (χ3n) is 2.71. The highest BCUT2D eigenvalue weighted by Gasteiger charge is 2.30. The van der Waals surface area contributed by atoms with Gasteiger partial charge in [-0.2, -0.15) is 13.2 Å². The summed E-state index contributed by atoms with van der Waals surface area (Å²) in [6.07, 6.45) is -5.35. The van der Waals surface area contributed by atoms with Crippen LogP contribution in [-0.4, -0.2) is 44.2 Å². The van der Waals surface area contributed by atoms with Crippen molar-refractivity contribution in [3.05, 3.63) is 29.8 Å². The SMILES string of the molecule is COCC(C)OCC(O)CNc1cccc(C(F)(F)F)c1. The van der Waals surface area contributed by atoms with E-state index in [4.69, 9.17) is 9.47 Å². The summed E-state index contributed by atoms with van der Waals surface area (Å²) in [5.41, 5.74) is -0.430. The predicted octanol–water partition coefficient (Wildman–Crippen LogP) is 2.53. The molecule has 2 atom stereocenters. The lowest BCUT2D eigenvalue weighted by atomic mass is 10.2. The molecule has 1 rings (SSSR count). The van der Waals surface area contributed by atoms with Crippen LogP contribution >= 0.6 is 0 Å². The number of aliphatic hydroxyl groups is 1. The van der Waals surface area contributed by atoms with Crippen LogP contribution in [0.1, 0.15) is 12.5 Å². The Balaban J connectivity index is 2.41. The largest absolute Gasteiger partial charge is 0.416 e. The molecule has 4 nitrogen and oxygen atoms in total. The quantitative estimate of drug-likeness (QED) is 0.775. The third kappa shape index (κ3) is 6.79. The Labute approximate surface area is 121 Å². The number of hydrogen-bond acceptors (Lipinski definition) is 4. The van der Waals surface area contributed by atoms with Gasteiger partial charge in [-0.05, 0) is 25.1 Å². The molecular formula is C14H20F3NO3. The minimum atomic E-state index is -4.38. The highest BCUT2D eigenvalue weighted by atomic mass is 19.4. The number of hydrogen-bond donors (Lipinski definition) is 2. The first-order chi connectivity index (χ1) is 9.82. The summed E-state index contributed by atoms with van der Waals surface area (Å²) in [6.45, 7) is 2.39. The molecule has 1 aromatic carbocycles. The number of methoxy groups -OCH3 is 1. The summed E-state index contributed by atoms with van der Waals surface area (Å²) < 4.78 is 47.8. The van der Waals surface area contributed by atoms with Crippen molar-refractivity contribution in [3.8, 4) is 0 Å². The second-order valence-electron chi connectivity index (χ2n) is 4.71. The lowest BCUT2D eigenvalue weighted by Gasteiger charge is -2.17. The van der Waals surface area contributed by atoms with Crippen molar-refractivity contribution in [1.29, 1.82) is 0 Å². The summed E-state index contributed by atoms with van der Waals surface area (Å²) in [6, 6.07) is 4.82. The van der Waals surface area contributed by atoms with Crippen LogP contribution in [0, 0.1) is 0 Å². The number of ether oxygens (including phenoxy) is 2. The average Bonchev–Trinajstić information content (AvgIpc) is 2.42. The first-order valence-electron chi connectivity index (χ1n) is 6.52. The van der Waals surface area contributed by atoms with Crippen LogP contribution in [0.15, 0.2) is 24.3 Å². The van der Waals surface area contributed by atoms with Crippen LogP contribution in [0.2, 0.25) is 0 Å². The van der Waals surface area contributed by atoms with Crippen molar-refractivity contribution in [2.24, 2.45) is 0 Å². The van der Waals surface area contributed by atoms with E-state index in [1.165, 1.54) is 12.1 Å². The molecule has 0 aliphatic rings. The highest BCUT2D eigenvalue weighted by Crippen LogP contribution is 2.30. The molecule has 0 saturated carbocycles. The molecule has 0 aliphatic carbocycles. The van der Waals surface area contributed by atoms with Gasteiger partial charge in [-0.1, -0.05) is 6.07 Å². The van der Waals surface area contributed by atoms with Gasteiger partial charge < -0.3 is 19.9 Å². The molecule has 21 heavy (non-hydrogen) atoms. The first-order valence-corrected chi connectivity index (χ1v) is 6.52. The Morgan fingerprint density at radius 2 is 2.00 bits per heavy atom. The molecule has 0 aromatic heterocycles. The Morgan fingerprint density at radius 1 is 1.29 bits per heavy atom. The molecule has 0 fully saturated rings. The molecule has 120 valence electrons. The van der Waals surface area contributed by atoms with Crippen molar-refractivity contribution in [2.75, 3.05) is 32.2 Å². The molecule has 0 radical (unpaired) electrons. The van der Waals surface area contributed by atoms with E-state index in [0.717, 1.165) is 12.1 Å². The van der Waals surface area contributed by atoms with Crippen molar-refractivity contribution in [1.82, 2.24) is 0 Å². The smallest absolute Gasteiger partial charge is 0.389 e. The number of halogens is 3. The van der Waals surface area contributed by atoms with Gasteiger partial charge in [-0.15, -0.1) is 0 Å². The van der Waals surface area contributed by atoms with E-state index in [0.29, 0.717) is 12.3 Å². The maximum Gasteiger partial charge on any atom is 0.416 e. The second kappa shape index (κ2) is 8.21. The topological polar surface area (TPSA) is 50.7 Å². The molecule has 0 amide bonds. The van der Waals surface area contributed by atoms with Gasteiger partial charge in [0.1, 0.15) is 0 Å². The van der Waals surface area contributed by atoms with Crippen LogP contribution in [-0.2, 0) is 15.7 Å². The van der Waals surface area contributed by atoms with Crippen LogP contribution < -0.4 is 5.32 Å². The Kier molecular flexibility index (Phi) is 6.94. The zero-order valence-electron chi connectivity index (χ0n) is 12.0. The number of aliphatic hydroxyl groups excluding tert-OH is 1. The minimum Gasteiger partial charge on any atom is -0.389 e. The molecule has 0 heterocycles. The molecule has 0 bridgehead atoms. The minimum absolute atomic E-state index is 0.0798. The molecule has 0 spiro atoms. The van der Waals surface area contributed by atoms with Gasteiger partial charge in [0.25, 0.3) is 0 Å². The number of anilines is 1. The van der Waals surface area contributed by atoms with Crippen molar-refractivity contribution in [2.45, 2.75) is 25.3 Å². The van der Waals surface area contributed by atoms with E-state index < -0.39 is 17.8 Å². The fourth-order valence-corrected chi connectivity index (χ4v) is 1.66. The first kappa shape index (κ1) is 17.7. The summed E-state index contributed by atoms with van der Waals surface area (Å²) in [5.74, 6) is 0. The lowest BCUT2D eigenvalue weighted by molar-refractivity contribution is -0.137. The third-order valence-corrected chi connectivity index (χ3v) is 2.71. The van der Waals surface area contributed by atoms with Crippen LogP contribution in [0.25, 0.3) is 0 Å². The summed E-state index contributed by atoms with van der Waals surface area (Å²) >= 11 is 0. The van der Waals surface area contributed by atoms with Crippen LogP contribution in [0.4, 0.5) is 18.9 Å². The lowest BCUT2D eigenvalue weighted by Crippen LogP contribution is -2.28. The number of nitrogens with one attached hydrogen (secondary N) is 1. The van der Waals surface area contributed by atoms with Gasteiger partial charge in [0.15, 0.2) is 0 Å². The molecule has 2 N–H and O–H groups in total. The highest BCUT2D eigenvalue weighted by molar-refractivity contribution is 5.46. The molecule has 0 saturated heterocycles.